The predicted molar refractivity (Wildman–Crippen MR) is 79.1 cm³/mol. The molecule has 0 unspecified atom stereocenters. The molecule has 7 nitrogen and oxygen atoms in total. The van der Waals surface area contributed by atoms with Crippen LogP contribution in [0.15, 0.2) is 0 Å². The van der Waals surface area contributed by atoms with Crippen LogP contribution in [0.1, 0.15) is 19.8 Å². The van der Waals surface area contributed by atoms with Crippen molar-refractivity contribution in [2.45, 2.75) is 25.9 Å². The first-order chi connectivity index (χ1) is 10.0. The number of amides is 2. The highest BCUT2D eigenvalue weighted by Gasteiger charge is 2.24. The summed E-state index contributed by atoms with van der Waals surface area (Å²) in [5, 5.41) is 2.75. The molecule has 1 N–H and O–H groups in total. The van der Waals surface area contributed by atoms with Gasteiger partial charge in [-0.2, -0.15) is 0 Å². The van der Waals surface area contributed by atoms with Gasteiger partial charge in [-0.1, -0.05) is 0 Å². The summed E-state index contributed by atoms with van der Waals surface area (Å²) in [6.07, 6.45) is 1.19. The van der Waals surface area contributed by atoms with E-state index in [9.17, 15) is 9.59 Å². The smallest absolute Gasteiger partial charge is 0.317 e. The molecule has 1 aliphatic rings. The molecule has 0 spiro atoms. The Labute approximate surface area is 126 Å². The maximum absolute atomic E-state index is 12.0. The molecule has 0 aromatic rings. The zero-order valence-corrected chi connectivity index (χ0v) is 13.3. The van der Waals surface area contributed by atoms with Crippen LogP contribution in [0.4, 0.5) is 4.79 Å². The monoisotopic (exact) mass is 301 g/mol. The van der Waals surface area contributed by atoms with Crippen molar-refractivity contribution in [3.8, 4) is 0 Å². The van der Waals surface area contributed by atoms with Gasteiger partial charge >= 0.3 is 12.0 Å². The zero-order valence-electron chi connectivity index (χ0n) is 13.3. The number of ether oxygens (including phenoxy) is 2. The van der Waals surface area contributed by atoms with E-state index in [1.165, 1.54) is 0 Å². The van der Waals surface area contributed by atoms with E-state index in [0.29, 0.717) is 32.8 Å². The minimum atomic E-state index is -0.288. The molecule has 0 bridgehead atoms. The molecule has 1 atom stereocenters. The van der Waals surface area contributed by atoms with Crippen LogP contribution in [0.3, 0.4) is 0 Å². The lowest BCUT2D eigenvalue weighted by Crippen LogP contribution is -2.50. The van der Waals surface area contributed by atoms with Crippen LogP contribution in [-0.2, 0) is 14.3 Å². The minimum absolute atomic E-state index is 0.0805. The first-order valence-electron chi connectivity index (χ1n) is 7.47. The van der Waals surface area contributed by atoms with E-state index < -0.39 is 0 Å². The molecule has 1 heterocycles. The van der Waals surface area contributed by atoms with Crippen molar-refractivity contribution in [2.75, 3.05) is 53.5 Å². The second-order valence-corrected chi connectivity index (χ2v) is 5.32. The molecule has 0 aromatic carbocycles. The average molecular weight is 301 g/mol. The maximum Gasteiger partial charge on any atom is 0.317 e. The molecule has 7 heteroatoms. The number of nitrogens with zero attached hydrogens (tertiary/aromatic N) is 2. The first kappa shape index (κ1) is 17.7. The number of carbonyl (C=O) groups is 2. The lowest BCUT2D eigenvalue weighted by atomic mass is 10.2. The van der Waals surface area contributed by atoms with Crippen LogP contribution in [-0.4, -0.2) is 81.4 Å². The molecule has 1 saturated heterocycles. The third-order valence-corrected chi connectivity index (χ3v) is 3.23. The Morgan fingerprint density at radius 1 is 1.43 bits per heavy atom. The predicted octanol–water partition coefficient (Wildman–Crippen LogP) is 0.302. The quantitative estimate of drug-likeness (QED) is 0.685. The molecule has 0 aliphatic carbocycles. The Kier molecular flexibility index (Phi) is 8.07. The Balaban J connectivity index is 2.25. The number of esters is 1. The molecule has 0 aromatic heterocycles. The van der Waals surface area contributed by atoms with Crippen LogP contribution in [0.2, 0.25) is 0 Å². The van der Waals surface area contributed by atoms with Gasteiger partial charge < -0.3 is 24.6 Å². The highest BCUT2D eigenvalue weighted by atomic mass is 16.5. The number of carbonyl (C=O) groups excluding carboxylic acids is 2. The molecule has 0 saturated carbocycles. The second-order valence-electron chi connectivity index (χ2n) is 5.32. The zero-order chi connectivity index (χ0) is 15.7. The second kappa shape index (κ2) is 9.57. The SMILES string of the molecule is CCOC(=O)CCNC(=O)N1CCO[C@H](CCN(C)C)C1. The number of morpholine rings is 1. The van der Waals surface area contributed by atoms with Crippen molar-refractivity contribution in [2.24, 2.45) is 0 Å². The van der Waals surface area contributed by atoms with Gasteiger partial charge in [0.05, 0.1) is 25.7 Å². The van der Waals surface area contributed by atoms with Gasteiger partial charge in [-0.05, 0) is 27.4 Å². The molecular formula is C14H27N3O4. The van der Waals surface area contributed by atoms with Gasteiger partial charge in [0.25, 0.3) is 0 Å². The Morgan fingerprint density at radius 2 is 2.19 bits per heavy atom. The number of hydrogen-bond acceptors (Lipinski definition) is 5. The van der Waals surface area contributed by atoms with Gasteiger partial charge in [0.2, 0.25) is 0 Å². The van der Waals surface area contributed by atoms with Crippen LogP contribution in [0.25, 0.3) is 0 Å². The summed E-state index contributed by atoms with van der Waals surface area (Å²) in [4.78, 5) is 27.1. The molecule has 1 fully saturated rings. The number of nitrogens with one attached hydrogen (secondary N) is 1. The van der Waals surface area contributed by atoms with E-state index in [1.54, 1.807) is 11.8 Å². The summed E-state index contributed by atoms with van der Waals surface area (Å²) >= 11 is 0. The molecule has 1 rings (SSSR count). The third kappa shape index (κ3) is 7.29. The van der Waals surface area contributed by atoms with E-state index in [-0.39, 0.29) is 24.5 Å². The summed E-state index contributed by atoms with van der Waals surface area (Å²) in [6.45, 7) is 5.11. The fraction of sp³-hybridized carbons (Fsp3) is 0.857. The van der Waals surface area contributed by atoms with Crippen molar-refractivity contribution in [3.05, 3.63) is 0 Å². The van der Waals surface area contributed by atoms with E-state index in [1.807, 2.05) is 14.1 Å². The van der Waals surface area contributed by atoms with Crippen molar-refractivity contribution < 1.29 is 19.1 Å². The summed E-state index contributed by atoms with van der Waals surface area (Å²) in [6, 6.07) is -0.141. The Morgan fingerprint density at radius 3 is 2.86 bits per heavy atom. The van der Waals surface area contributed by atoms with E-state index in [0.717, 1.165) is 13.0 Å². The van der Waals surface area contributed by atoms with Gasteiger partial charge in [0.15, 0.2) is 0 Å². The molecule has 1 aliphatic heterocycles. The summed E-state index contributed by atoms with van der Waals surface area (Å²) in [5.74, 6) is -0.288. The highest BCUT2D eigenvalue weighted by molar-refractivity contribution is 5.75. The van der Waals surface area contributed by atoms with Crippen LogP contribution >= 0.6 is 0 Å². The Bertz CT molecular complexity index is 336. The highest BCUT2D eigenvalue weighted by Crippen LogP contribution is 2.09. The van der Waals surface area contributed by atoms with Gasteiger partial charge in [-0.3, -0.25) is 4.79 Å². The number of rotatable bonds is 7. The lowest BCUT2D eigenvalue weighted by Gasteiger charge is -2.33. The molecule has 21 heavy (non-hydrogen) atoms. The lowest BCUT2D eigenvalue weighted by molar-refractivity contribution is -0.142. The summed E-state index contributed by atoms with van der Waals surface area (Å²) in [7, 11) is 4.03. The molecule has 2 amide bonds. The van der Waals surface area contributed by atoms with Gasteiger partial charge in [0, 0.05) is 26.2 Å². The largest absolute Gasteiger partial charge is 0.466 e. The fourth-order valence-electron chi connectivity index (χ4n) is 2.10. The first-order valence-corrected chi connectivity index (χ1v) is 7.47. The summed E-state index contributed by atoms with van der Waals surface area (Å²) in [5.41, 5.74) is 0. The van der Waals surface area contributed by atoms with Crippen LogP contribution in [0.5, 0.6) is 0 Å². The van der Waals surface area contributed by atoms with E-state index in [2.05, 4.69) is 10.2 Å². The van der Waals surface area contributed by atoms with Gasteiger partial charge in [-0.25, -0.2) is 4.79 Å². The van der Waals surface area contributed by atoms with Gasteiger partial charge in [-0.15, -0.1) is 0 Å². The minimum Gasteiger partial charge on any atom is -0.466 e. The standard InChI is InChI=1S/C14H27N3O4/c1-4-20-13(18)5-7-15-14(19)17-9-10-21-12(11-17)6-8-16(2)3/h12H,4-11H2,1-3H3,(H,15,19)/t12-/m1/s1. The van der Waals surface area contributed by atoms with E-state index in [4.69, 9.17) is 9.47 Å². The molecule has 0 radical (unpaired) electrons. The van der Waals surface area contributed by atoms with Crippen LogP contribution < -0.4 is 5.32 Å². The molecule has 122 valence electrons. The topological polar surface area (TPSA) is 71.1 Å². The number of hydrogen-bond donors (Lipinski definition) is 1. The van der Waals surface area contributed by atoms with Crippen LogP contribution in [0, 0.1) is 0 Å². The normalized spacial score (nSPS) is 18.7. The van der Waals surface area contributed by atoms with Crippen molar-refractivity contribution >= 4 is 12.0 Å². The fourth-order valence-corrected chi connectivity index (χ4v) is 2.10. The average Bonchev–Trinajstić information content (AvgIpc) is 2.45. The van der Waals surface area contributed by atoms with Crippen molar-refractivity contribution in [1.82, 2.24) is 15.1 Å². The van der Waals surface area contributed by atoms with Crippen molar-refractivity contribution in [3.63, 3.8) is 0 Å². The van der Waals surface area contributed by atoms with Gasteiger partial charge in [0.1, 0.15) is 0 Å². The Hall–Kier alpha value is -1.34. The third-order valence-electron chi connectivity index (χ3n) is 3.23. The number of urea groups is 1. The molecular weight excluding hydrogens is 274 g/mol. The maximum atomic E-state index is 12.0. The summed E-state index contributed by atoms with van der Waals surface area (Å²) < 4.78 is 10.5. The van der Waals surface area contributed by atoms with E-state index >= 15 is 0 Å². The van der Waals surface area contributed by atoms with Crippen molar-refractivity contribution in [1.29, 1.82) is 0 Å².